The minimum atomic E-state index is -0.881. The lowest BCUT2D eigenvalue weighted by atomic mass is 9.90. The summed E-state index contributed by atoms with van der Waals surface area (Å²) in [6, 6.07) is 7.06. The predicted molar refractivity (Wildman–Crippen MR) is 86.8 cm³/mol. The van der Waals surface area contributed by atoms with Gasteiger partial charge in [0.1, 0.15) is 11.5 Å². The van der Waals surface area contributed by atoms with Gasteiger partial charge in [-0.2, -0.15) is 0 Å². The third-order valence-corrected chi connectivity index (χ3v) is 3.32. The predicted octanol–water partition coefficient (Wildman–Crippen LogP) is 2.47. The summed E-state index contributed by atoms with van der Waals surface area (Å²) in [5.41, 5.74) is -0.859. The van der Waals surface area contributed by atoms with Crippen molar-refractivity contribution in [2.75, 3.05) is 19.8 Å². The van der Waals surface area contributed by atoms with Crippen LogP contribution in [-0.4, -0.2) is 36.7 Å². The lowest BCUT2D eigenvalue weighted by Crippen LogP contribution is -2.34. The number of rotatable bonds is 10. The van der Waals surface area contributed by atoms with Crippen LogP contribution in [0.3, 0.4) is 0 Å². The monoisotopic (exact) mass is 323 g/mol. The summed E-state index contributed by atoms with van der Waals surface area (Å²) < 4.78 is 10.8. The van der Waals surface area contributed by atoms with Gasteiger partial charge in [-0.15, -0.1) is 0 Å². The van der Waals surface area contributed by atoms with Crippen molar-refractivity contribution in [1.82, 2.24) is 5.32 Å². The first-order valence-corrected chi connectivity index (χ1v) is 7.71. The first-order chi connectivity index (χ1) is 10.8. The zero-order valence-corrected chi connectivity index (χ0v) is 13.9. The molecule has 0 aliphatic heterocycles. The number of aliphatic carboxylic acids is 1. The molecule has 1 aromatic rings. The van der Waals surface area contributed by atoms with Crippen LogP contribution in [0.5, 0.6) is 11.5 Å². The minimum absolute atomic E-state index is 0.108. The molecule has 0 spiro atoms. The summed E-state index contributed by atoms with van der Waals surface area (Å²) in [7, 11) is 0. The highest BCUT2D eigenvalue weighted by molar-refractivity contribution is 5.77. The van der Waals surface area contributed by atoms with Crippen LogP contribution in [0.1, 0.15) is 33.6 Å². The Hall–Kier alpha value is -2.24. The second kappa shape index (κ2) is 9.02. The average Bonchev–Trinajstić information content (AvgIpc) is 2.51. The molecule has 0 aliphatic rings. The van der Waals surface area contributed by atoms with Crippen LogP contribution >= 0.6 is 0 Å². The number of hydrogen-bond donors (Lipinski definition) is 2. The summed E-state index contributed by atoms with van der Waals surface area (Å²) in [6.07, 6.45) is 1.30. The SMILES string of the molecule is CCCOc1ccc(OCC(=O)NCCC(C)(C)C(=O)O)cc1. The van der Waals surface area contributed by atoms with E-state index in [0.29, 0.717) is 25.3 Å². The lowest BCUT2D eigenvalue weighted by Gasteiger charge is -2.18. The van der Waals surface area contributed by atoms with Crippen molar-refractivity contribution in [1.29, 1.82) is 0 Å². The molecule has 2 N–H and O–H groups in total. The number of ether oxygens (including phenoxy) is 2. The van der Waals surface area contributed by atoms with E-state index in [1.165, 1.54) is 0 Å². The van der Waals surface area contributed by atoms with Crippen LogP contribution in [0.2, 0.25) is 0 Å². The third kappa shape index (κ3) is 7.04. The molecule has 0 aliphatic carbocycles. The highest BCUT2D eigenvalue weighted by Crippen LogP contribution is 2.19. The Labute approximate surface area is 136 Å². The van der Waals surface area contributed by atoms with Gasteiger partial charge in [-0.1, -0.05) is 6.92 Å². The molecule has 0 fully saturated rings. The molecule has 0 bridgehead atoms. The van der Waals surface area contributed by atoms with Crippen molar-refractivity contribution in [2.45, 2.75) is 33.6 Å². The molecule has 23 heavy (non-hydrogen) atoms. The molecule has 6 heteroatoms. The lowest BCUT2D eigenvalue weighted by molar-refractivity contribution is -0.147. The molecule has 1 amide bonds. The standard InChI is InChI=1S/C17H25NO5/c1-4-11-22-13-5-7-14(8-6-13)23-12-15(19)18-10-9-17(2,3)16(20)21/h5-8H,4,9-12H2,1-3H3,(H,18,19)(H,20,21). The highest BCUT2D eigenvalue weighted by atomic mass is 16.5. The molecule has 1 rings (SSSR count). The van der Waals surface area contributed by atoms with E-state index in [-0.39, 0.29) is 12.5 Å². The average molecular weight is 323 g/mol. The maximum atomic E-state index is 11.7. The summed E-state index contributed by atoms with van der Waals surface area (Å²) in [6.45, 7) is 6.14. The van der Waals surface area contributed by atoms with E-state index in [2.05, 4.69) is 5.32 Å². The normalized spacial score (nSPS) is 10.9. The highest BCUT2D eigenvalue weighted by Gasteiger charge is 2.26. The van der Waals surface area contributed by atoms with Crippen LogP contribution in [0.15, 0.2) is 24.3 Å². The van der Waals surface area contributed by atoms with Gasteiger partial charge in [0.15, 0.2) is 6.61 Å². The van der Waals surface area contributed by atoms with Crippen molar-refractivity contribution in [3.05, 3.63) is 24.3 Å². The molecule has 0 radical (unpaired) electrons. The van der Waals surface area contributed by atoms with Gasteiger partial charge < -0.3 is 19.9 Å². The molecular weight excluding hydrogens is 298 g/mol. The number of benzene rings is 1. The molecule has 6 nitrogen and oxygen atoms in total. The van der Waals surface area contributed by atoms with Gasteiger partial charge in [0.2, 0.25) is 0 Å². The summed E-state index contributed by atoms with van der Waals surface area (Å²) in [4.78, 5) is 22.6. The first kappa shape index (κ1) is 18.8. The van der Waals surface area contributed by atoms with Crippen molar-refractivity contribution >= 4 is 11.9 Å². The Morgan fingerprint density at radius 2 is 1.70 bits per heavy atom. The van der Waals surface area contributed by atoms with Gasteiger partial charge in [0.05, 0.1) is 12.0 Å². The van der Waals surface area contributed by atoms with E-state index < -0.39 is 11.4 Å². The number of carbonyl (C=O) groups is 2. The molecule has 0 unspecified atom stereocenters. The Bertz CT molecular complexity index is 510. The Morgan fingerprint density at radius 3 is 2.22 bits per heavy atom. The molecule has 0 atom stereocenters. The number of carboxylic acid groups (broad SMARTS) is 1. The molecule has 1 aromatic carbocycles. The number of hydrogen-bond acceptors (Lipinski definition) is 4. The van der Waals surface area contributed by atoms with Crippen molar-refractivity contribution in [2.24, 2.45) is 5.41 Å². The van der Waals surface area contributed by atoms with Crippen LogP contribution < -0.4 is 14.8 Å². The molecule has 128 valence electrons. The molecule has 0 heterocycles. The van der Waals surface area contributed by atoms with Gasteiger partial charge >= 0.3 is 5.97 Å². The van der Waals surface area contributed by atoms with Gasteiger partial charge in [-0.25, -0.2) is 0 Å². The fourth-order valence-electron chi connectivity index (χ4n) is 1.67. The topological polar surface area (TPSA) is 84.9 Å². The van der Waals surface area contributed by atoms with E-state index >= 15 is 0 Å². The van der Waals surface area contributed by atoms with Crippen LogP contribution in [0.25, 0.3) is 0 Å². The molecule has 0 saturated heterocycles. The smallest absolute Gasteiger partial charge is 0.309 e. The molecular formula is C17H25NO5. The van der Waals surface area contributed by atoms with E-state index in [0.717, 1.165) is 12.2 Å². The number of carbonyl (C=O) groups excluding carboxylic acids is 1. The van der Waals surface area contributed by atoms with Crippen molar-refractivity contribution in [3.63, 3.8) is 0 Å². The zero-order valence-electron chi connectivity index (χ0n) is 13.9. The summed E-state index contributed by atoms with van der Waals surface area (Å²) in [5.74, 6) is 0.181. The Kier molecular flexibility index (Phi) is 7.38. The van der Waals surface area contributed by atoms with Crippen molar-refractivity contribution < 1.29 is 24.2 Å². The summed E-state index contributed by atoms with van der Waals surface area (Å²) in [5, 5.41) is 11.6. The second-order valence-electron chi connectivity index (χ2n) is 5.90. The number of nitrogens with one attached hydrogen (secondary N) is 1. The van der Waals surface area contributed by atoms with Crippen molar-refractivity contribution in [3.8, 4) is 11.5 Å². The van der Waals surface area contributed by atoms with Crippen LogP contribution in [0, 0.1) is 5.41 Å². The quantitative estimate of drug-likeness (QED) is 0.691. The maximum absolute atomic E-state index is 11.7. The maximum Gasteiger partial charge on any atom is 0.309 e. The van der Waals surface area contributed by atoms with Gasteiger partial charge in [-0.3, -0.25) is 9.59 Å². The summed E-state index contributed by atoms with van der Waals surface area (Å²) >= 11 is 0. The minimum Gasteiger partial charge on any atom is -0.494 e. The number of amides is 1. The third-order valence-electron chi connectivity index (χ3n) is 3.32. The fourth-order valence-corrected chi connectivity index (χ4v) is 1.67. The molecule has 0 saturated carbocycles. The fraction of sp³-hybridized carbons (Fsp3) is 0.529. The largest absolute Gasteiger partial charge is 0.494 e. The zero-order chi connectivity index (χ0) is 17.3. The number of carboxylic acids is 1. The first-order valence-electron chi connectivity index (χ1n) is 7.71. The Morgan fingerprint density at radius 1 is 1.13 bits per heavy atom. The van der Waals surface area contributed by atoms with Gasteiger partial charge in [-0.05, 0) is 51.0 Å². The van der Waals surface area contributed by atoms with Gasteiger partial charge in [0, 0.05) is 6.54 Å². The van der Waals surface area contributed by atoms with E-state index in [9.17, 15) is 9.59 Å². The van der Waals surface area contributed by atoms with E-state index in [4.69, 9.17) is 14.6 Å². The van der Waals surface area contributed by atoms with Crippen LogP contribution in [0.4, 0.5) is 0 Å². The van der Waals surface area contributed by atoms with Crippen LogP contribution in [-0.2, 0) is 9.59 Å². The molecule has 0 aromatic heterocycles. The Balaban J connectivity index is 2.29. The van der Waals surface area contributed by atoms with Gasteiger partial charge in [0.25, 0.3) is 5.91 Å². The second-order valence-corrected chi connectivity index (χ2v) is 5.90. The van der Waals surface area contributed by atoms with E-state index in [1.54, 1.807) is 38.1 Å². The van der Waals surface area contributed by atoms with E-state index in [1.807, 2.05) is 6.92 Å².